The summed E-state index contributed by atoms with van der Waals surface area (Å²) in [7, 11) is -3.68. The molecule has 0 aliphatic rings. The van der Waals surface area contributed by atoms with Crippen molar-refractivity contribution in [2.75, 3.05) is 20.7 Å². The average Bonchev–Trinajstić information content (AvgIpc) is 2.94. The van der Waals surface area contributed by atoms with Crippen LogP contribution in [0.25, 0.3) is 0 Å². The Hall–Kier alpha value is -5.24. The van der Waals surface area contributed by atoms with E-state index < -0.39 is 33.6 Å². The van der Waals surface area contributed by atoms with Crippen molar-refractivity contribution in [1.82, 2.24) is 9.97 Å². The molecule has 4 aromatic rings. The molecule has 0 atom stereocenters. The third-order valence-corrected chi connectivity index (χ3v) is 6.66. The van der Waals surface area contributed by atoms with E-state index in [4.69, 9.17) is 0 Å². The van der Waals surface area contributed by atoms with Gasteiger partial charge in [0.15, 0.2) is 0 Å². The van der Waals surface area contributed by atoms with E-state index in [1.165, 1.54) is 36.7 Å². The van der Waals surface area contributed by atoms with Crippen molar-refractivity contribution in [2.24, 2.45) is 0 Å². The number of amides is 2. The van der Waals surface area contributed by atoms with Gasteiger partial charge in [-0.05, 0) is 61.0 Å². The third kappa shape index (κ3) is 7.69. The molecule has 0 saturated carbocycles. The minimum absolute atomic E-state index is 0.173. The Morgan fingerprint density at radius 3 is 2.19 bits per heavy atom. The van der Waals surface area contributed by atoms with Gasteiger partial charge in [-0.15, -0.1) is 0 Å². The highest BCUT2D eigenvalue weighted by molar-refractivity contribution is 7.95. The molecule has 1 heterocycles. The minimum Gasteiger partial charge on any atom is -0.324 e. The molecule has 3 aromatic carbocycles. The predicted molar refractivity (Wildman–Crippen MR) is 153 cm³/mol. The molecule has 0 aliphatic heterocycles. The molecule has 0 spiro atoms. The number of nitrogens with one attached hydrogen (secondary N) is 4. The number of nitrogens with zero attached hydrogens (tertiary/aromatic N) is 2. The Morgan fingerprint density at radius 1 is 0.833 bits per heavy atom. The fraction of sp³-hybridized carbons (Fsp3) is 0.0714. The molecule has 1 aromatic heterocycles. The van der Waals surface area contributed by atoms with Crippen LogP contribution in [0.15, 0.2) is 91.1 Å². The van der Waals surface area contributed by atoms with Crippen molar-refractivity contribution in [2.45, 2.75) is 13.1 Å². The molecule has 0 unspecified atom stereocenters. The van der Waals surface area contributed by atoms with Gasteiger partial charge in [-0.2, -0.15) is 13.2 Å². The van der Waals surface area contributed by atoms with Crippen LogP contribution < -0.4 is 20.7 Å². The van der Waals surface area contributed by atoms with Crippen LogP contribution in [-0.4, -0.2) is 30.2 Å². The summed E-state index contributed by atoms with van der Waals surface area (Å²) in [5.74, 6) is -1.13. The van der Waals surface area contributed by atoms with Gasteiger partial charge in [0.1, 0.15) is 0 Å². The van der Waals surface area contributed by atoms with Crippen molar-refractivity contribution < 1.29 is 31.2 Å². The quantitative estimate of drug-likeness (QED) is 0.187. The second-order valence-electron chi connectivity index (χ2n) is 8.83. The molecule has 10 nitrogen and oxygen atoms in total. The van der Waals surface area contributed by atoms with E-state index in [0.717, 1.165) is 23.6 Å². The maximum atomic E-state index is 13.0. The Morgan fingerprint density at radius 2 is 1.50 bits per heavy atom. The van der Waals surface area contributed by atoms with Gasteiger partial charge in [0.2, 0.25) is 5.95 Å². The lowest BCUT2D eigenvalue weighted by Gasteiger charge is -2.12. The van der Waals surface area contributed by atoms with Crippen LogP contribution in [0.4, 0.5) is 41.9 Å². The van der Waals surface area contributed by atoms with Crippen LogP contribution in [0.3, 0.4) is 0 Å². The smallest absolute Gasteiger partial charge is 0.324 e. The lowest BCUT2D eigenvalue weighted by molar-refractivity contribution is -0.137. The molecular formula is C28H23F3N6O4S. The number of aryl methyl sites for hydroxylation is 1. The lowest BCUT2D eigenvalue weighted by Crippen LogP contribution is -2.16. The number of alkyl halides is 3. The molecule has 4 rings (SSSR count). The number of sulfonamides is 1. The number of halogens is 3. The second-order valence-corrected chi connectivity index (χ2v) is 10.5. The first-order chi connectivity index (χ1) is 19.8. The van der Waals surface area contributed by atoms with E-state index in [0.29, 0.717) is 16.9 Å². The van der Waals surface area contributed by atoms with Gasteiger partial charge in [0, 0.05) is 27.9 Å². The van der Waals surface area contributed by atoms with Crippen molar-refractivity contribution in [1.29, 1.82) is 0 Å². The molecule has 216 valence electrons. The summed E-state index contributed by atoms with van der Waals surface area (Å²) in [4.78, 5) is 33.8. The highest BCUT2D eigenvalue weighted by atomic mass is 32.2. The lowest BCUT2D eigenvalue weighted by atomic mass is 10.1. The molecule has 0 saturated heterocycles. The maximum absolute atomic E-state index is 13.0. The molecule has 0 fully saturated rings. The zero-order chi connectivity index (χ0) is 30.5. The number of benzene rings is 3. The summed E-state index contributed by atoms with van der Waals surface area (Å²) in [5, 5.41) is 8.88. The number of hydrogen-bond donors (Lipinski definition) is 4. The van der Waals surface area contributed by atoms with Crippen molar-refractivity contribution in [3.05, 3.63) is 113 Å². The van der Waals surface area contributed by atoms with E-state index >= 15 is 0 Å². The van der Waals surface area contributed by atoms with Gasteiger partial charge in [-0.25, -0.2) is 18.4 Å². The normalized spacial score (nSPS) is 11.3. The Labute approximate surface area is 238 Å². The monoisotopic (exact) mass is 596 g/mol. The number of aromatic nitrogens is 2. The van der Waals surface area contributed by atoms with Crippen molar-refractivity contribution in [3.63, 3.8) is 0 Å². The zero-order valence-electron chi connectivity index (χ0n) is 21.9. The summed E-state index contributed by atoms with van der Waals surface area (Å²) in [6, 6.07) is 14.9. The summed E-state index contributed by atoms with van der Waals surface area (Å²) in [6.07, 6.45) is -1.89. The molecule has 0 aliphatic carbocycles. The largest absolute Gasteiger partial charge is 0.416 e. The summed E-state index contributed by atoms with van der Waals surface area (Å²) in [5.41, 5.74) is 0.910. The Bertz CT molecular complexity index is 1760. The van der Waals surface area contributed by atoms with Crippen LogP contribution in [-0.2, 0) is 16.2 Å². The van der Waals surface area contributed by atoms with E-state index in [1.54, 1.807) is 31.2 Å². The maximum Gasteiger partial charge on any atom is 0.416 e. The van der Waals surface area contributed by atoms with E-state index in [9.17, 15) is 31.2 Å². The summed E-state index contributed by atoms with van der Waals surface area (Å²) >= 11 is 0. The van der Waals surface area contributed by atoms with Gasteiger partial charge >= 0.3 is 6.18 Å². The summed E-state index contributed by atoms with van der Waals surface area (Å²) < 4.78 is 64.7. The minimum atomic E-state index is -4.59. The Kier molecular flexibility index (Phi) is 8.57. The van der Waals surface area contributed by atoms with Crippen LogP contribution in [0.5, 0.6) is 0 Å². The highest BCUT2D eigenvalue weighted by Crippen LogP contribution is 2.30. The second kappa shape index (κ2) is 12.1. The van der Waals surface area contributed by atoms with Gasteiger partial charge < -0.3 is 16.0 Å². The number of carbonyl (C=O) groups is 2. The van der Waals surface area contributed by atoms with Crippen LogP contribution in [0.2, 0.25) is 0 Å². The first-order valence-electron chi connectivity index (χ1n) is 12.1. The predicted octanol–water partition coefficient (Wildman–Crippen LogP) is 5.94. The standard InChI is InChI=1S/C28H23F3N6O4S/c1-3-42(40,41)37-22-9-5-8-20(13-22)36-27-32-15-23(16-33-27)35-26(39)24-14-21(11-10-17(24)2)34-25(38)18-6-4-7-19(12-18)28(29,30)31/h3-16,37H,1H2,2H3,(H,34,38)(H,35,39)(H,32,33,36). The third-order valence-electron chi connectivity index (χ3n) is 5.70. The fourth-order valence-electron chi connectivity index (χ4n) is 3.64. The van der Waals surface area contributed by atoms with Crippen molar-refractivity contribution in [3.8, 4) is 0 Å². The first-order valence-corrected chi connectivity index (χ1v) is 13.6. The van der Waals surface area contributed by atoms with Gasteiger partial charge in [0.25, 0.3) is 21.8 Å². The molecular weight excluding hydrogens is 573 g/mol. The molecule has 0 bridgehead atoms. The van der Waals surface area contributed by atoms with Gasteiger partial charge in [-0.1, -0.05) is 24.8 Å². The first kappa shape index (κ1) is 29.7. The summed E-state index contributed by atoms with van der Waals surface area (Å²) in [6.45, 7) is 4.92. The number of carbonyl (C=O) groups excluding carboxylic acids is 2. The fourth-order valence-corrected chi connectivity index (χ4v) is 4.17. The van der Waals surface area contributed by atoms with E-state index in [1.807, 2.05) is 0 Å². The van der Waals surface area contributed by atoms with Crippen LogP contribution >= 0.6 is 0 Å². The molecule has 2 amide bonds. The van der Waals surface area contributed by atoms with Crippen molar-refractivity contribution >= 4 is 50.5 Å². The molecule has 14 heteroatoms. The molecule has 42 heavy (non-hydrogen) atoms. The SMILES string of the molecule is C=CS(=O)(=O)Nc1cccc(Nc2ncc(NC(=O)c3cc(NC(=O)c4cccc(C(F)(F)F)c4)ccc3C)cn2)c1. The van der Waals surface area contributed by atoms with E-state index in [-0.39, 0.29) is 28.5 Å². The topological polar surface area (TPSA) is 142 Å². The van der Waals surface area contributed by atoms with Crippen LogP contribution in [0.1, 0.15) is 31.8 Å². The van der Waals surface area contributed by atoms with Crippen LogP contribution in [0, 0.1) is 6.92 Å². The molecule has 4 N–H and O–H groups in total. The van der Waals surface area contributed by atoms with Gasteiger partial charge in [-0.3, -0.25) is 14.3 Å². The molecule has 0 radical (unpaired) electrons. The Balaban J connectivity index is 1.42. The zero-order valence-corrected chi connectivity index (χ0v) is 22.7. The number of anilines is 5. The highest BCUT2D eigenvalue weighted by Gasteiger charge is 2.31. The van der Waals surface area contributed by atoms with E-state index in [2.05, 4.69) is 37.2 Å². The average molecular weight is 597 g/mol. The number of hydrogen-bond acceptors (Lipinski definition) is 7. The van der Waals surface area contributed by atoms with Gasteiger partial charge in [0.05, 0.1) is 29.3 Å². The number of rotatable bonds is 9.